The molecule has 0 atom stereocenters. The second kappa shape index (κ2) is 7.55. The smallest absolute Gasteiger partial charge is 0.305 e. The van der Waals surface area contributed by atoms with Crippen LogP contribution in [0.15, 0.2) is 36.4 Å². The normalized spacial score (nSPS) is 10.1. The number of hydrogen-bond donors (Lipinski definition) is 3. The number of aliphatic carboxylic acids is 1. The number of carbonyl (C=O) groups is 3. The average molecular weight is 332 g/mol. The Morgan fingerprint density at radius 1 is 1.13 bits per heavy atom. The highest BCUT2D eigenvalue weighted by Gasteiger charge is 2.17. The van der Waals surface area contributed by atoms with Crippen molar-refractivity contribution in [1.82, 2.24) is 5.32 Å². The maximum atomic E-state index is 12.2. The highest BCUT2D eigenvalue weighted by molar-refractivity contribution is 7.16. The van der Waals surface area contributed by atoms with Gasteiger partial charge in [-0.1, -0.05) is 18.2 Å². The number of aryl methyl sites for hydroxylation is 1. The Kier molecular flexibility index (Phi) is 5.48. The molecule has 0 aliphatic heterocycles. The minimum atomic E-state index is -0.982. The van der Waals surface area contributed by atoms with Gasteiger partial charge in [0.2, 0.25) is 0 Å². The molecule has 0 saturated heterocycles. The summed E-state index contributed by atoms with van der Waals surface area (Å²) >= 11 is 1.30. The van der Waals surface area contributed by atoms with Crippen molar-refractivity contribution in [2.24, 2.45) is 0 Å². The van der Waals surface area contributed by atoms with Crippen LogP contribution in [-0.4, -0.2) is 29.4 Å². The summed E-state index contributed by atoms with van der Waals surface area (Å²) in [5.41, 5.74) is 0.831. The molecule has 7 heteroatoms. The molecule has 0 saturated carbocycles. The molecule has 1 aromatic heterocycles. The molecule has 2 aromatic rings. The molecule has 0 aliphatic carbocycles. The molecule has 6 nitrogen and oxygen atoms in total. The molecule has 23 heavy (non-hydrogen) atoms. The third kappa shape index (κ3) is 4.65. The van der Waals surface area contributed by atoms with Crippen LogP contribution in [-0.2, 0) is 4.79 Å². The van der Waals surface area contributed by atoms with E-state index in [-0.39, 0.29) is 18.9 Å². The zero-order valence-electron chi connectivity index (χ0n) is 12.5. The lowest BCUT2D eigenvalue weighted by atomic mass is 10.2. The van der Waals surface area contributed by atoms with Crippen LogP contribution in [0.2, 0.25) is 0 Å². The van der Waals surface area contributed by atoms with E-state index in [1.165, 1.54) is 11.3 Å². The largest absolute Gasteiger partial charge is 0.481 e. The van der Waals surface area contributed by atoms with Gasteiger partial charge < -0.3 is 15.7 Å². The lowest BCUT2D eigenvalue weighted by Crippen LogP contribution is -2.26. The first kappa shape index (κ1) is 16.7. The van der Waals surface area contributed by atoms with Gasteiger partial charge >= 0.3 is 5.97 Å². The topological polar surface area (TPSA) is 95.5 Å². The Balaban J connectivity index is 2.09. The second-order valence-corrected chi connectivity index (χ2v) is 6.08. The van der Waals surface area contributed by atoms with Crippen molar-refractivity contribution in [2.45, 2.75) is 13.3 Å². The van der Waals surface area contributed by atoms with Gasteiger partial charge in [0, 0.05) is 17.0 Å². The molecule has 3 N–H and O–H groups in total. The van der Waals surface area contributed by atoms with Gasteiger partial charge in [0.05, 0.1) is 12.0 Å². The molecular formula is C16H16N2O4S. The van der Waals surface area contributed by atoms with Gasteiger partial charge in [0.1, 0.15) is 5.00 Å². The summed E-state index contributed by atoms with van der Waals surface area (Å²) in [6.07, 6.45) is -0.152. The fraction of sp³-hybridized carbons (Fsp3) is 0.188. The van der Waals surface area contributed by atoms with Crippen molar-refractivity contribution in [3.8, 4) is 0 Å². The van der Waals surface area contributed by atoms with Crippen LogP contribution in [0, 0.1) is 6.92 Å². The van der Waals surface area contributed by atoms with Gasteiger partial charge in [-0.05, 0) is 25.1 Å². The molecule has 0 radical (unpaired) electrons. The number of rotatable bonds is 6. The van der Waals surface area contributed by atoms with Crippen molar-refractivity contribution in [3.63, 3.8) is 0 Å². The average Bonchev–Trinajstić information content (AvgIpc) is 2.88. The maximum Gasteiger partial charge on any atom is 0.305 e. The molecule has 0 aliphatic rings. The molecule has 0 spiro atoms. The van der Waals surface area contributed by atoms with Crippen molar-refractivity contribution in [1.29, 1.82) is 0 Å². The van der Waals surface area contributed by atoms with Crippen LogP contribution in [0.1, 0.15) is 32.0 Å². The molecule has 0 unspecified atom stereocenters. The summed E-state index contributed by atoms with van der Waals surface area (Å²) in [6, 6.07) is 10.4. The van der Waals surface area contributed by atoms with Crippen molar-refractivity contribution in [2.75, 3.05) is 11.9 Å². The predicted octanol–water partition coefficient (Wildman–Crippen LogP) is 2.51. The van der Waals surface area contributed by atoms with Crippen molar-refractivity contribution in [3.05, 3.63) is 52.4 Å². The van der Waals surface area contributed by atoms with E-state index in [2.05, 4.69) is 10.6 Å². The number of carboxylic acid groups (broad SMARTS) is 1. The van der Waals surface area contributed by atoms with Gasteiger partial charge in [-0.2, -0.15) is 0 Å². The zero-order chi connectivity index (χ0) is 16.8. The quantitative estimate of drug-likeness (QED) is 0.757. The van der Waals surface area contributed by atoms with E-state index in [9.17, 15) is 14.4 Å². The minimum absolute atomic E-state index is 0.0368. The summed E-state index contributed by atoms with van der Waals surface area (Å²) in [6.45, 7) is 1.87. The number of amides is 2. The molecule has 2 amide bonds. The zero-order valence-corrected chi connectivity index (χ0v) is 13.3. The highest BCUT2D eigenvalue weighted by atomic mass is 32.1. The summed E-state index contributed by atoms with van der Waals surface area (Å²) in [4.78, 5) is 35.7. The van der Waals surface area contributed by atoms with Crippen LogP contribution in [0.3, 0.4) is 0 Å². The van der Waals surface area contributed by atoms with E-state index < -0.39 is 11.9 Å². The second-order valence-electron chi connectivity index (χ2n) is 4.82. The Morgan fingerprint density at radius 2 is 1.83 bits per heavy atom. The molecule has 1 heterocycles. The van der Waals surface area contributed by atoms with Crippen LogP contribution in [0.5, 0.6) is 0 Å². The molecule has 0 fully saturated rings. The Bertz CT molecular complexity index is 725. The third-order valence-electron chi connectivity index (χ3n) is 2.99. The fourth-order valence-corrected chi connectivity index (χ4v) is 2.82. The third-order valence-corrected chi connectivity index (χ3v) is 3.95. The SMILES string of the molecule is Cc1cc(C(=O)NCCC(=O)O)c(NC(=O)c2ccccc2)s1. The lowest BCUT2D eigenvalue weighted by Gasteiger charge is -2.07. The number of carbonyl (C=O) groups excluding carboxylic acids is 2. The number of nitrogens with one attached hydrogen (secondary N) is 2. The Morgan fingerprint density at radius 3 is 2.48 bits per heavy atom. The molecular weight excluding hydrogens is 316 g/mol. The number of carboxylic acids is 1. The van der Waals surface area contributed by atoms with Crippen LogP contribution < -0.4 is 10.6 Å². The van der Waals surface area contributed by atoms with Crippen molar-refractivity contribution >= 4 is 34.1 Å². The highest BCUT2D eigenvalue weighted by Crippen LogP contribution is 2.28. The van der Waals surface area contributed by atoms with Gasteiger partial charge in [-0.25, -0.2) is 0 Å². The van der Waals surface area contributed by atoms with Crippen LogP contribution >= 0.6 is 11.3 Å². The van der Waals surface area contributed by atoms with E-state index in [0.29, 0.717) is 16.1 Å². The van der Waals surface area contributed by atoms with E-state index in [4.69, 9.17) is 5.11 Å². The summed E-state index contributed by atoms with van der Waals surface area (Å²) in [5, 5.41) is 14.3. The van der Waals surface area contributed by atoms with E-state index in [0.717, 1.165) is 4.88 Å². The summed E-state index contributed by atoms with van der Waals surface area (Å²) in [7, 11) is 0. The van der Waals surface area contributed by atoms with Crippen LogP contribution in [0.4, 0.5) is 5.00 Å². The maximum absolute atomic E-state index is 12.2. The van der Waals surface area contributed by atoms with Crippen LogP contribution in [0.25, 0.3) is 0 Å². The number of hydrogen-bond acceptors (Lipinski definition) is 4. The van der Waals surface area contributed by atoms with Crippen molar-refractivity contribution < 1.29 is 19.5 Å². The number of benzene rings is 1. The first-order valence-corrected chi connectivity index (χ1v) is 7.76. The van der Waals surface area contributed by atoms with Gasteiger partial charge in [-0.3, -0.25) is 14.4 Å². The van der Waals surface area contributed by atoms with Gasteiger partial charge in [0.15, 0.2) is 0 Å². The van der Waals surface area contributed by atoms with E-state index >= 15 is 0 Å². The first-order chi connectivity index (χ1) is 11.0. The number of anilines is 1. The fourth-order valence-electron chi connectivity index (χ4n) is 1.92. The predicted molar refractivity (Wildman–Crippen MR) is 88.0 cm³/mol. The standard InChI is InChI=1S/C16H16N2O4S/c1-10-9-12(15(22)17-8-7-13(19)20)16(23-10)18-14(21)11-5-3-2-4-6-11/h2-6,9H,7-8H2,1H3,(H,17,22)(H,18,21)(H,19,20). The van der Waals surface area contributed by atoms with E-state index in [1.807, 2.05) is 13.0 Å². The van der Waals surface area contributed by atoms with Gasteiger partial charge in [-0.15, -0.1) is 11.3 Å². The lowest BCUT2D eigenvalue weighted by molar-refractivity contribution is -0.136. The Labute approximate surface area is 137 Å². The molecule has 2 rings (SSSR count). The Hall–Kier alpha value is -2.67. The van der Waals surface area contributed by atoms with E-state index in [1.54, 1.807) is 30.3 Å². The summed E-state index contributed by atoms with van der Waals surface area (Å²) in [5.74, 6) is -1.68. The molecule has 120 valence electrons. The summed E-state index contributed by atoms with van der Waals surface area (Å²) < 4.78 is 0. The number of thiophene rings is 1. The monoisotopic (exact) mass is 332 g/mol. The minimum Gasteiger partial charge on any atom is -0.481 e. The molecule has 0 bridgehead atoms. The first-order valence-electron chi connectivity index (χ1n) is 6.94. The molecule has 1 aromatic carbocycles. The van der Waals surface area contributed by atoms with Gasteiger partial charge in [0.25, 0.3) is 11.8 Å².